The topological polar surface area (TPSA) is 102 Å². The number of benzene rings is 2. The molecule has 0 radical (unpaired) electrons. The lowest BCUT2D eigenvalue weighted by molar-refractivity contribution is -0.384. The summed E-state index contributed by atoms with van der Waals surface area (Å²) >= 11 is 6.11. The van der Waals surface area contributed by atoms with Crippen LogP contribution >= 0.6 is 11.6 Å². The van der Waals surface area contributed by atoms with Crippen LogP contribution in [0.5, 0.6) is 0 Å². The number of hydrogen-bond acceptors (Lipinski definition) is 6. The van der Waals surface area contributed by atoms with Crippen LogP contribution in [0.3, 0.4) is 0 Å². The standard InChI is InChI=1S/C17H16ClN3O5S/c18-16-6-3-14(19-12-13-1-4-15(5-2-13)21(22)23)11-17(16)27(24,25)20-7-9-26-10-8-20/h1-6,11-12H,7-10H2. The van der Waals surface area contributed by atoms with Gasteiger partial charge in [-0.1, -0.05) is 11.6 Å². The Morgan fingerprint density at radius 1 is 1.15 bits per heavy atom. The number of aliphatic imine (C=N–C) groups is 1. The van der Waals surface area contributed by atoms with E-state index in [-0.39, 0.29) is 28.7 Å². The normalized spacial score (nSPS) is 15.9. The number of ether oxygens (including phenoxy) is 1. The Morgan fingerprint density at radius 3 is 2.44 bits per heavy atom. The van der Waals surface area contributed by atoms with E-state index in [0.717, 1.165) is 0 Å². The van der Waals surface area contributed by atoms with Gasteiger partial charge in [0.2, 0.25) is 10.0 Å². The largest absolute Gasteiger partial charge is 0.379 e. The predicted octanol–water partition coefficient (Wildman–Crippen LogP) is 3.02. The number of morpholine rings is 1. The van der Waals surface area contributed by atoms with Crippen LogP contribution in [-0.4, -0.2) is 50.2 Å². The molecule has 1 saturated heterocycles. The van der Waals surface area contributed by atoms with Crippen LogP contribution in [0.1, 0.15) is 5.56 Å². The molecule has 0 amide bonds. The molecule has 27 heavy (non-hydrogen) atoms. The van der Waals surface area contributed by atoms with Crippen LogP contribution in [0, 0.1) is 10.1 Å². The molecule has 0 unspecified atom stereocenters. The molecule has 0 aliphatic carbocycles. The highest BCUT2D eigenvalue weighted by atomic mass is 35.5. The molecule has 142 valence electrons. The number of rotatable bonds is 5. The van der Waals surface area contributed by atoms with Crippen LogP contribution in [-0.2, 0) is 14.8 Å². The first kappa shape index (κ1) is 19.4. The van der Waals surface area contributed by atoms with E-state index in [2.05, 4.69) is 4.99 Å². The Balaban J connectivity index is 1.85. The van der Waals surface area contributed by atoms with Gasteiger partial charge in [-0.15, -0.1) is 0 Å². The number of nitro groups is 1. The highest BCUT2D eigenvalue weighted by Gasteiger charge is 2.28. The first-order valence-electron chi connectivity index (χ1n) is 8.04. The van der Waals surface area contributed by atoms with Crippen LogP contribution in [0.25, 0.3) is 0 Å². The van der Waals surface area contributed by atoms with Crippen molar-refractivity contribution in [3.63, 3.8) is 0 Å². The number of nitro benzene ring substituents is 1. The molecule has 0 aromatic heterocycles. The lowest BCUT2D eigenvalue weighted by Crippen LogP contribution is -2.40. The maximum Gasteiger partial charge on any atom is 0.269 e. The van der Waals surface area contributed by atoms with Gasteiger partial charge in [0.1, 0.15) is 4.90 Å². The number of sulfonamides is 1. The van der Waals surface area contributed by atoms with Crippen molar-refractivity contribution < 1.29 is 18.1 Å². The van der Waals surface area contributed by atoms with Crippen molar-refractivity contribution in [2.24, 2.45) is 4.99 Å². The minimum Gasteiger partial charge on any atom is -0.379 e. The first-order valence-corrected chi connectivity index (χ1v) is 9.86. The summed E-state index contributed by atoms with van der Waals surface area (Å²) in [6, 6.07) is 10.4. The van der Waals surface area contributed by atoms with E-state index < -0.39 is 14.9 Å². The van der Waals surface area contributed by atoms with Gasteiger partial charge in [0, 0.05) is 31.4 Å². The molecule has 1 aliphatic heterocycles. The Morgan fingerprint density at radius 2 is 1.81 bits per heavy atom. The Bertz CT molecular complexity index is 971. The van der Waals surface area contributed by atoms with Crippen molar-refractivity contribution in [2.75, 3.05) is 26.3 Å². The molecule has 1 heterocycles. The molecule has 0 saturated carbocycles. The molecule has 3 rings (SSSR count). The van der Waals surface area contributed by atoms with Crippen LogP contribution < -0.4 is 0 Å². The summed E-state index contributed by atoms with van der Waals surface area (Å²) in [5, 5.41) is 10.8. The zero-order valence-electron chi connectivity index (χ0n) is 14.1. The Labute approximate surface area is 161 Å². The molecule has 10 heteroatoms. The Kier molecular flexibility index (Phi) is 5.85. The number of nitrogens with zero attached hydrogens (tertiary/aromatic N) is 3. The van der Waals surface area contributed by atoms with Gasteiger partial charge >= 0.3 is 0 Å². The summed E-state index contributed by atoms with van der Waals surface area (Å²) in [6.45, 7) is 1.23. The molecule has 0 spiro atoms. The van der Waals surface area contributed by atoms with Crippen LogP contribution in [0.4, 0.5) is 11.4 Å². The van der Waals surface area contributed by atoms with Gasteiger partial charge in [0.05, 0.1) is 28.8 Å². The second-order valence-electron chi connectivity index (χ2n) is 5.74. The lowest BCUT2D eigenvalue weighted by atomic mass is 10.2. The fourth-order valence-electron chi connectivity index (χ4n) is 2.53. The molecule has 8 nitrogen and oxygen atoms in total. The van der Waals surface area contributed by atoms with Crippen LogP contribution in [0.2, 0.25) is 5.02 Å². The second kappa shape index (κ2) is 8.13. The SMILES string of the molecule is O=[N+]([O-])c1ccc(C=Nc2ccc(Cl)c(S(=O)(=O)N3CCOCC3)c2)cc1. The van der Waals surface area contributed by atoms with Crippen molar-refractivity contribution in [1.82, 2.24) is 4.31 Å². The summed E-state index contributed by atoms with van der Waals surface area (Å²) in [5.41, 5.74) is 1.04. The van der Waals surface area contributed by atoms with Crippen molar-refractivity contribution in [3.05, 3.63) is 63.2 Å². The molecule has 0 bridgehead atoms. The molecule has 2 aromatic carbocycles. The highest BCUT2D eigenvalue weighted by Crippen LogP contribution is 2.29. The summed E-state index contributed by atoms with van der Waals surface area (Å²) in [6.07, 6.45) is 1.50. The number of halogens is 1. The van der Waals surface area contributed by atoms with Gasteiger partial charge in [-0.3, -0.25) is 15.1 Å². The van der Waals surface area contributed by atoms with Crippen molar-refractivity contribution >= 4 is 39.2 Å². The molecule has 1 fully saturated rings. The maximum atomic E-state index is 12.8. The van der Waals surface area contributed by atoms with Gasteiger partial charge in [-0.2, -0.15) is 4.31 Å². The van der Waals surface area contributed by atoms with Crippen LogP contribution in [0.15, 0.2) is 52.4 Å². The smallest absolute Gasteiger partial charge is 0.269 e. The maximum absolute atomic E-state index is 12.8. The monoisotopic (exact) mass is 409 g/mol. The van der Waals surface area contributed by atoms with Crippen molar-refractivity contribution in [1.29, 1.82) is 0 Å². The van der Waals surface area contributed by atoms with Gasteiger partial charge in [0.15, 0.2) is 0 Å². The molecule has 0 atom stereocenters. The molecular formula is C17H16ClN3O5S. The average molecular weight is 410 g/mol. The second-order valence-corrected chi connectivity index (χ2v) is 8.05. The van der Waals surface area contributed by atoms with E-state index in [1.54, 1.807) is 18.2 Å². The minimum absolute atomic E-state index is 0.00980. The fourth-order valence-corrected chi connectivity index (χ4v) is 4.43. The first-order chi connectivity index (χ1) is 12.9. The fraction of sp³-hybridized carbons (Fsp3) is 0.235. The Hall–Kier alpha value is -2.33. The van der Waals surface area contributed by atoms with E-state index in [4.69, 9.17) is 16.3 Å². The summed E-state index contributed by atoms with van der Waals surface area (Å²) < 4.78 is 32.1. The average Bonchev–Trinajstić information content (AvgIpc) is 2.68. The summed E-state index contributed by atoms with van der Waals surface area (Å²) in [7, 11) is -3.74. The van der Waals surface area contributed by atoms with Gasteiger partial charge in [0.25, 0.3) is 5.69 Å². The van der Waals surface area contributed by atoms with Crippen molar-refractivity contribution in [3.8, 4) is 0 Å². The van der Waals surface area contributed by atoms with E-state index in [0.29, 0.717) is 24.5 Å². The molecule has 1 aliphatic rings. The van der Waals surface area contributed by atoms with E-state index in [1.807, 2.05) is 0 Å². The third-order valence-electron chi connectivity index (χ3n) is 3.97. The summed E-state index contributed by atoms with van der Waals surface area (Å²) in [5.74, 6) is 0. The van der Waals surface area contributed by atoms with E-state index >= 15 is 0 Å². The lowest BCUT2D eigenvalue weighted by Gasteiger charge is -2.26. The quantitative estimate of drug-likeness (QED) is 0.429. The third kappa shape index (κ3) is 4.51. The van der Waals surface area contributed by atoms with E-state index in [9.17, 15) is 18.5 Å². The zero-order chi connectivity index (χ0) is 19.4. The number of hydrogen-bond donors (Lipinski definition) is 0. The van der Waals surface area contributed by atoms with Crippen molar-refractivity contribution in [2.45, 2.75) is 4.90 Å². The summed E-state index contributed by atoms with van der Waals surface area (Å²) in [4.78, 5) is 14.4. The third-order valence-corrected chi connectivity index (χ3v) is 6.35. The highest BCUT2D eigenvalue weighted by molar-refractivity contribution is 7.89. The molecule has 0 N–H and O–H groups in total. The number of non-ortho nitro benzene ring substituents is 1. The van der Waals surface area contributed by atoms with Gasteiger partial charge < -0.3 is 4.74 Å². The van der Waals surface area contributed by atoms with E-state index in [1.165, 1.54) is 34.8 Å². The zero-order valence-corrected chi connectivity index (χ0v) is 15.7. The predicted molar refractivity (Wildman–Crippen MR) is 101 cm³/mol. The molecular weight excluding hydrogens is 394 g/mol. The molecule has 2 aromatic rings. The van der Waals surface area contributed by atoms with Gasteiger partial charge in [-0.25, -0.2) is 8.42 Å². The minimum atomic E-state index is -3.74. The van der Waals surface area contributed by atoms with Gasteiger partial charge in [-0.05, 0) is 35.9 Å².